The Hall–Kier alpha value is -3.35. The Balaban J connectivity index is 2.08. The fourth-order valence-electron chi connectivity index (χ4n) is 2.87. The Morgan fingerprint density at radius 1 is 0.867 bits per heavy atom. The lowest BCUT2D eigenvalue weighted by Crippen LogP contribution is -2.20. The van der Waals surface area contributed by atoms with Gasteiger partial charge in [0.2, 0.25) is 11.7 Å². The van der Waals surface area contributed by atoms with Crippen LogP contribution in [0.15, 0.2) is 36.4 Å². The van der Waals surface area contributed by atoms with Gasteiger partial charge in [0, 0.05) is 18.2 Å². The lowest BCUT2D eigenvalue weighted by atomic mass is 10.1. The maximum atomic E-state index is 12.3. The van der Waals surface area contributed by atoms with Gasteiger partial charge in [-0.3, -0.25) is 4.79 Å². The molecule has 162 valence electrons. The molecule has 0 aliphatic carbocycles. The third-order valence-corrected chi connectivity index (χ3v) is 4.22. The molecule has 0 radical (unpaired) electrons. The summed E-state index contributed by atoms with van der Waals surface area (Å²) in [6.07, 6.45) is 3.11. The first-order chi connectivity index (χ1) is 14.6. The first-order valence-electron chi connectivity index (χ1n) is 9.71. The van der Waals surface area contributed by atoms with E-state index in [-0.39, 0.29) is 5.91 Å². The maximum absolute atomic E-state index is 12.3. The van der Waals surface area contributed by atoms with Crippen LogP contribution in [0.4, 0.5) is 0 Å². The minimum atomic E-state index is -0.237. The number of carbonyl (C=O) groups excluding carboxylic acids is 1. The molecule has 0 unspecified atom stereocenters. The van der Waals surface area contributed by atoms with Gasteiger partial charge in [-0.05, 0) is 49.8 Å². The first-order valence-corrected chi connectivity index (χ1v) is 9.71. The number of ether oxygens (including phenoxy) is 5. The monoisotopic (exact) mass is 415 g/mol. The van der Waals surface area contributed by atoms with Gasteiger partial charge in [0.25, 0.3) is 0 Å². The lowest BCUT2D eigenvalue weighted by molar-refractivity contribution is -0.116. The van der Waals surface area contributed by atoms with Crippen LogP contribution in [0.1, 0.15) is 25.0 Å². The summed E-state index contributed by atoms with van der Waals surface area (Å²) in [5, 5.41) is 2.86. The Morgan fingerprint density at radius 3 is 2.17 bits per heavy atom. The van der Waals surface area contributed by atoms with E-state index >= 15 is 0 Å². The van der Waals surface area contributed by atoms with Crippen molar-refractivity contribution in [3.63, 3.8) is 0 Å². The molecule has 7 nitrogen and oxygen atoms in total. The van der Waals surface area contributed by atoms with E-state index in [9.17, 15) is 4.79 Å². The van der Waals surface area contributed by atoms with Crippen molar-refractivity contribution < 1.29 is 28.5 Å². The van der Waals surface area contributed by atoms with Crippen LogP contribution in [0, 0.1) is 0 Å². The Morgan fingerprint density at radius 2 is 1.53 bits per heavy atom. The van der Waals surface area contributed by atoms with Gasteiger partial charge in [-0.1, -0.05) is 6.07 Å². The van der Waals surface area contributed by atoms with Gasteiger partial charge < -0.3 is 29.0 Å². The second kappa shape index (κ2) is 11.6. The normalized spacial score (nSPS) is 10.6. The highest BCUT2D eigenvalue weighted by molar-refractivity contribution is 5.92. The second-order valence-electron chi connectivity index (χ2n) is 6.12. The van der Waals surface area contributed by atoms with Gasteiger partial charge >= 0.3 is 0 Å². The molecule has 0 atom stereocenters. The summed E-state index contributed by atoms with van der Waals surface area (Å²) < 4.78 is 27.2. The van der Waals surface area contributed by atoms with Gasteiger partial charge in [0.15, 0.2) is 23.0 Å². The van der Waals surface area contributed by atoms with Crippen molar-refractivity contribution in [1.29, 1.82) is 0 Å². The molecule has 0 spiro atoms. The minimum absolute atomic E-state index is 0.237. The quantitative estimate of drug-likeness (QED) is 0.562. The van der Waals surface area contributed by atoms with Crippen LogP contribution >= 0.6 is 0 Å². The average molecular weight is 415 g/mol. The topological polar surface area (TPSA) is 75.3 Å². The predicted octanol–water partition coefficient (Wildman–Crippen LogP) is 3.84. The van der Waals surface area contributed by atoms with E-state index in [2.05, 4.69) is 5.32 Å². The van der Waals surface area contributed by atoms with Crippen molar-refractivity contribution in [2.45, 2.75) is 20.4 Å². The summed E-state index contributed by atoms with van der Waals surface area (Å²) in [4.78, 5) is 12.3. The van der Waals surface area contributed by atoms with Crippen LogP contribution in [0.25, 0.3) is 6.08 Å². The molecule has 1 amide bonds. The molecule has 0 saturated heterocycles. The number of amides is 1. The van der Waals surface area contributed by atoms with Gasteiger partial charge in [-0.2, -0.15) is 0 Å². The number of methoxy groups -OCH3 is 3. The van der Waals surface area contributed by atoms with Crippen molar-refractivity contribution in [1.82, 2.24) is 5.32 Å². The fourth-order valence-corrected chi connectivity index (χ4v) is 2.87. The smallest absolute Gasteiger partial charge is 0.244 e. The molecule has 2 aromatic carbocycles. The van der Waals surface area contributed by atoms with Crippen molar-refractivity contribution in [3.05, 3.63) is 47.5 Å². The molecule has 0 fully saturated rings. The summed E-state index contributed by atoms with van der Waals surface area (Å²) in [5.74, 6) is 2.64. The molecular weight excluding hydrogens is 386 g/mol. The Kier molecular flexibility index (Phi) is 8.87. The zero-order valence-electron chi connectivity index (χ0n) is 18.1. The summed E-state index contributed by atoms with van der Waals surface area (Å²) >= 11 is 0. The lowest BCUT2D eigenvalue weighted by Gasteiger charge is -2.14. The number of benzene rings is 2. The number of hydrogen-bond acceptors (Lipinski definition) is 6. The molecule has 0 heterocycles. The molecular formula is C23H29NO6. The standard InChI is InChI=1S/C23H29NO6/c1-6-29-18-11-8-16(14-20(18)30-7-2)15-24-21(25)13-10-17-9-12-19(26-3)23(28-5)22(17)27-4/h8-14H,6-7,15H2,1-5H3,(H,24,25)/b13-10+. The van der Waals surface area contributed by atoms with E-state index in [0.29, 0.717) is 54.1 Å². The highest BCUT2D eigenvalue weighted by Crippen LogP contribution is 2.40. The summed E-state index contributed by atoms with van der Waals surface area (Å²) in [6, 6.07) is 9.17. The van der Waals surface area contributed by atoms with E-state index in [1.54, 1.807) is 25.3 Å². The largest absolute Gasteiger partial charge is 0.493 e. The van der Waals surface area contributed by atoms with E-state index < -0.39 is 0 Å². The van der Waals surface area contributed by atoms with Crippen LogP contribution in [-0.4, -0.2) is 40.5 Å². The number of nitrogens with one attached hydrogen (secondary N) is 1. The average Bonchev–Trinajstić information content (AvgIpc) is 2.77. The molecule has 0 aromatic heterocycles. The summed E-state index contributed by atoms with van der Waals surface area (Å²) in [7, 11) is 4.63. The molecule has 2 rings (SSSR count). The van der Waals surface area contributed by atoms with E-state index in [1.165, 1.54) is 20.3 Å². The molecule has 30 heavy (non-hydrogen) atoms. The maximum Gasteiger partial charge on any atom is 0.244 e. The van der Waals surface area contributed by atoms with Gasteiger partial charge in [0.1, 0.15) is 0 Å². The first kappa shape index (κ1) is 22.9. The van der Waals surface area contributed by atoms with Crippen molar-refractivity contribution in [3.8, 4) is 28.7 Å². The van der Waals surface area contributed by atoms with Crippen molar-refractivity contribution in [2.75, 3.05) is 34.5 Å². The van der Waals surface area contributed by atoms with Crippen LogP contribution in [0.2, 0.25) is 0 Å². The van der Waals surface area contributed by atoms with Crippen LogP contribution in [0.5, 0.6) is 28.7 Å². The second-order valence-corrected chi connectivity index (χ2v) is 6.12. The van der Waals surface area contributed by atoms with Crippen LogP contribution in [0.3, 0.4) is 0 Å². The highest BCUT2D eigenvalue weighted by Gasteiger charge is 2.14. The van der Waals surface area contributed by atoms with Gasteiger partial charge in [0.05, 0.1) is 34.5 Å². The molecule has 1 N–H and O–H groups in total. The Labute approximate surface area is 177 Å². The zero-order valence-corrected chi connectivity index (χ0v) is 18.1. The third kappa shape index (κ3) is 5.83. The van der Waals surface area contributed by atoms with Gasteiger partial charge in [-0.15, -0.1) is 0 Å². The van der Waals surface area contributed by atoms with E-state index in [4.69, 9.17) is 23.7 Å². The molecule has 0 aliphatic heterocycles. The molecule has 0 aliphatic rings. The highest BCUT2D eigenvalue weighted by atomic mass is 16.5. The SMILES string of the molecule is CCOc1ccc(CNC(=O)/C=C/c2ccc(OC)c(OC)c2OC)cc1OCC. The van der Waals surface area contributed by atoms with Crippen LogP contribution < -0.4 is 29.0 Å². The predicted molar refractivity (Wildman–Crippen MR) is 116 cm³/mol. The van der Waals surface area contributed by atoms with Gasteiger partial charge in [-0.25, -0.2) is 0 Å². The van der Waals surface area contributed by atoms with E-state index in [0.717, 1.165) is 5.56 Å². The zero-order chi connectivity index (χ0) is 21.9. The third-order valence-electron chi connectivity index (χ3n) is 4.22. The number of hydrogen-bond donors (Lipinski definition) is 1. The number of carbonyl (C=O) groups is 1. The van der Waals surface area contributed by atoms with Crippen molar-refractivity contribution >= 4 is 12.0 Å². The number of rotatable bonds is 11. The van der Waals surface area contributed by atoms with Crippen LogP contribution in [-0.2, 0) is 11.3 Å². The van der Waals surface area contributed by atoms with Crippen molar-refractivity contribution in [2.24, 2.45) is 0 Å². The molecule has 0 saturated carbocycles. The molecule has 7 heteroatoms. The summed E-state index contributed by atoms with van der Waals surface area (Å²) in [5.41, 5.74) is 1.61. The summed E-state index contributed by atoms with van der Waals surface area (Å²) in [6.45, 7) is 5.28. The minimum Gasteiger partial charge on any atom is -0.493 e. The molecule has 0 bridgehead atoms. The van der Waals surface area contributed by atoms with E-state index in [1.807, 2.05) is 32.0 Å². The fraction of sp³-hybridized carbons (Fsp3) is 0.348. The molecule has 2 aromatic rings. The Bertz CT molecular complexity index is 878.